The maximum Gasteiger partial charge on any atom is 0.406 e. The summed E-state index contributed by atoms with van der Waals surface area (Å²) < 4.78 is 45.8. The number of imide groups is 1. The van der Waals surface area contributed by atoms with Gasteiger partial charge in [-0.1, -0.05) is 36.4 Å². The summed E-state index contributed by atoms with van der Waals surface area (Å²) in [5.41, 5.74) is 3.96. The molecule has 3 heterocycles. The maximum atomic E-state index is 13.9. The molecular weight excluding hydrogens is 557 g/mol. The molecular formula is C28H33F3N6O5. The molecule has 2 aliphatic heterocycles. The van der Waals surface area contributed by atoms with Gasteiger partial charge in [0.15, 0.2) is 0 Å². The number of alkyl halides is 3. The number of fused-ring (bicyclic) bond motifs is 1. The Kier molecular flexibility index (Phi) is 8.87. The lowest BCUT2D eigenvalue weighted by molar-refractivity contribution is -0.157. The van der Waals surface area contributed by atoms with E-state index in [1.165, 1.54) is 24.9 Å². The van der Waals surface area contributed by atoms with Crippen LogP contribution in [0.5, 0.6) is 0 Å². The van der Waals surface area contributed by atoms with E-state index in [1.54, 1.807) is 18.2 Å². The second-order valence-electron chi connectivity index (χ2n) is 11.0. The summed E-state index contributed by atoms with van der Waals surface area (Å²) in [6.07, 6.45) is -3.57. The van der Waals surface area contributed by atoms with Gasteiger partial charge in [0.05, 0.1) is 25.3 Å². The zero-order valence-corrected chi connectivity index (χ0v) is 23.3. The first-order chi connectivity index (χ1) is 19.7. The molecule has 1 aromatic heterocycles. The molecule has 2 aliphatic rings. The minimum Gasteiger partial charge on any atom is -0.374 e. The Hall–Kier alpha value is -4.04. The number of rotatable bonds is 10. The van der Waals surface area contributed by atoms with Crippen molar-refractivity contribution in [2.75, 3.05) is 32.8 Å². The number of urea groups is 1. The minimum atomic E-state index is -4.82. The predicted octanol–water partition coefficient (Wildman–Crippen LogP) is 1.47. The molecule has 2 aromatic rings. The molecule has 4 rings (SSSR count). The van der Waals surface area contributed by atoms with Crippen LogP contribution in [0.1, 0.15) is 25.1 Å². The molecule has 11 nitrogen and oxygen atoms in total. The van der Waals surface area contributed by atoms with Crippen LogP contribution in [0.2, 0.25) is 0 Å². The van der Waals surface area contributed by atoms with Gasteiger partial charge in [-0.25, -0.2) is 4.79 Å². The van der Waals surface area contributed by atoms with Crippen molar-refractivity contribution >= 4 is 23.8 Å². The van der Waals surface area contributed by atoms with E-state index in [1.807, 2.05) is 30.3 Å². The van der Waals surface area contributed by atoms with Gasteiger partial charge in [-0.2, -0.15) is 13.2 Å². The van der Waals surface area contributed by atoms with Crippen molar-refractivity contribution in [3.63, 3.8) is 0 Å². The zero-order chi connectivity index (χ0) is 30.7. The largest absolute Gasteiger partial charge is 0.406 e. The number of ether oxygens (including phenoxy) is 1. The van der Waals surface area contributed by atoms with Crippen LogP contribution in [0.3, 0.4) is 0 Å². The average molecular weight is 591 g/mol. The van der Waals surface area contributed by atoms with Gasteiger partial charge in [0.1, 0.15) is 18.1 Å². The first-order valence-corrected chi connectivity index (χ1v) is 13.3. The molecule has 2 fully saturated rings. The number of aromatic nitrogens is 1. The number of carbonyl (C=O) groups excluding carboxylic acids is 4. The number of hydrogen-bond donors (Lipinski definition) is 2. The molecule has 2 saturated heterocycles. The van der Waals surface area contributed by atoms with Crippen LogP contribution in [0.15, 0.2) is 54.7 Å². The normalized spacial score (nSPS) is 20.0. The van der Waals surface area contributed by atoms with Crippen molar-refractivity contribution in [2.24, 2.45) is 5.73 Å². The molecule has 1 aromatic carbocycles. The smallest absolute Gasteiger partial charge is 0.374 e. The zero-order valence-electron chi connectivity index (χ0n) is 23.3. The summed E-state index contributed by atoms with van der Waals surface area (Å²) in [5.74, 6) is -2.33. The number of nitrogens with zero attached hydrogens (tertiary/aromatic N) is 4. The highest BCUT2D eigenvalue weighted by molar-refractivity contribution is 6.08. The third-order valence-electron chi connectivity index (χ3n) is 7.10. The first kappa shape index (κ1) is 30.9. The van der Waals surface area contributed by atoms with Crippen molar-refractivity contribution in [1.29, 1.82) is 0 Å². The van der Waals surface area contributed by atoms with Crippen molar-refractivity contribution in [3.05, 3.63) is 66.0 Å². The number of pyridine rings is 1. The Morgan fingerprint density at radius 1 is 1.10 bits per heavy atom. The van der Waals surface area contributed by atoms with Crippen molar-refractivity contribution in [2.45, 2.75) is 50.2 Å². The van der Waals surface area contributed by atoms with Gasteiger partial charge in [0, 0.05) is 31.4 Å². The van der Waals surface area contributed by atoms with Crippen LogP contribution < -0.4 is 11.1 Å². The summed E-state index contributed by atoms with van der Waals surface area (Å²) in [6.45, 7) is 0.388. The van der Waals surface area contributed by atoms with E-state index in [-0.39, 0.29) is 37.6 Å². The van der Waals surface area contributed by atoms with Crippen LogP contribution in [-0.2, 0) is 32.1 Å². The van der Waals surface area contributed by atoms with E-state index >= 15 is 0 Å². The van der Waals surface area contributed by atoms with Crippen molar-refractivity contribution in [3.8, 4) is 0 Å². The molecule has 226 valence electrons. The lowest BCUT2D eigenvalue weighted by atomic mass is 9.88. The highest BCUT2D eigenvalue weighted by Crippen LogP contribution is 2.36. The first-order valence-electron chi connectivity index (χ1n) is 13.3. The Balaban J connectivity index is 1.61. The second-order valence-corrected chi connectivity index (χ2v) is 11.0. The van der Waals surface area contributed by atoms with Gasteiger partial charge in [0.2, 0.25) is 11.8 Å². The number of hydrogen-bond acceptors (Lipinski definition) is 7. The van der Waals surface area contributed by atoms with E-state index in [9.17, 15) is 32.3 Å². The van der Waals surface area contributed by atoms with Crippen molar-refractivity contribution in [1.82, 2.24) is 25.0 Å². The number of nitrogens with two attached hydrogens (primary N) is 1. The van der Waals surface area contributed by atoms with Crippen LogP contribution in [0.4, 0.5) is 18.0 Å². The molecule has 0 bridgehead atoms. The molecule has 0 radical (unpaired) electrons. The van der Waals surface area contributed by atoms with Crippen LogP contribution in [0.25, 0.3) is 0 Å². The number of halogens is 3. The van der Waals surface area contributed by atoms with E-state index in [0.29, 0.717) is 5.69 Å². The van der Waals surface area contributed by atoms with Crippen LogP contribution in [-0.4, -0.2) is 99.5 Å². The van der Waals surface area contributed by atoms with Crippen molar-refractivity contribution < 1.29 is 37.1 Å². The van der Waals surface area contributed by atoms with E-state index < -0.39 is 60.1 Å². The van der Waals surface area contributed by atoms with Gasteiger partial charge >= 0.3 is 12.2 Å². The fraction of sp³-hybridized carbons (Fsp3) is 0.464. The topological polar surface area (TPSA) is 138 Å². The fourth-order valence-electron chi connectivity index (χ4n) is 5.00. The molecule has 0 aliphatic carbocycles. The monoisotopic (exact) mass is 590 g/mol. The standard InChI is InChI=1S/C28H33F3N6O5/c1-26(2,32)23(39)34-21(16-42-15-19-8-4-3-5-9-19)22(38)35-12-13-37-25(41)36(18-28(29,30)31)24(40)27(37,17-35)14-20-10-6-7-11-33-20/h3-11,21H,12-18,32H2,1-2H3,(H,34,39)/t21-,27?/m1/s1. The maximum absolute atomic E-state index is 13.9. The predicted molar refractivity (Wildman–Crippen MR) is 143 cm³/mol. The highest BCUT2D eigenvalue weighted by Gasteiger charge is 2.61. The Bertz CT molecular complexity index is 1300. The van der Waals surface area contributed by atoms with Crippen LogP contribution >= 0.6 is 0 Å². The Labute approximate surface area is 240 Å². The third-order valence-corrected chi connectivity index (χ3v) is 7.10. The molecule has 0 saturated carbocycles. The molecule has 3 N–H and O–H groups in total. The molecule has 42 heavy (non-hydrogen) atoms. The van der Waals surface area contributed by atoms with Crippen LogP contribution in [0, 0.1) is 0 Å². The highest BCUT2D eigenvalue weighted by atomic mass is 19.4. The third kappa shape index (κ3) is 6.87. The Morgan fingerprint density at radius 2 is 1.79 bits per heavy atom. The molecule has 2 atom stereocenters. The molecule has 0 spiro atoms. The number of nitrogens with one attached hydrogen (secondary N) is 1. The van der Waals surface area contributed by atoms with E-state index in [4.69, 9.17) is 10.5 Å². The number of benzene rings is 1. The summed E-state index contributed by atoms with van der Waals surface area (Å²) in [5, 5.41) is 2.60. The summed E-state index contributed by atoms with van der Waals surface area (Å²) in [7, 11) is 0. The van der Waals surface area contributed by atoms with Gasteiger partial charge in [0.25, 0.3) is 5.91 Å². The molecule has 1 unspecified atom stereocenters. The van der Waals surface area contributed by atoms with Gasteiger partial charge < -0.3 is 25.6 Å². The van der Waals surface area contributed by atoms with Gasteiger partial charge in [-0.3, -0.25) is 24.3 Å². The van der Waals surface area contributed by atoms with E-state index in [2.05, 4.69) is 10.3 Å². The quantitative estimate of drug-likeness (QED) is 0.400. The summed E-state index contributed by atoms with van der Waals surface area (Å²) >= 11 is 0. The second kappa shape index (κ2) is 12.1. The average Bonchev–Trinajstić information content (AvgIpc) is 3.12. The number of amides is 5. The Morgan fingerprint density at radius 3 is 2.40 bits per heavy atom. The lowest BCUT2D eigenvalue weighted by Crippen LogP contribution is -2.67. The summed E-state index contributed by atoms with van der Waals surface area (Å²) in [4.78, 5) is 60.0. The van der Waals surface area contributed by atoms with E-state index in [0.717, 1.165) is 10.5 Å². The molecule has 14 heteroatoms. The van der Waals surface area contributed by atoms with Gasteiger partial charge in [-0.15, -0.1) is 0 Å². The molecule has 5 amide bonds. The number of piperazine rings is 1. The fourth-order valence-corrected chi connectivity index (χ4v) is 5.00. The number of carbonyl (C=O) groups is 4. The lowest BCUT2D eigenvalue weighted by Gasteiger charge is -2.45. The minimum absolute atomic E-state index is 0.0846. The summed E-state index contributed by atoms with van der Waals surface area (Å²) in [6, 6.07) is 11.7. The van der Waals surface area contributed by atoms with Gasteiger partial charge in [-0.05, 0) is 31.5 Å². The SMILES string of the molecule is CC(C)(N)C(=O)N[C@H](COCc1ccccc1)C(=O)N1CCN2C(=O)N(CC(F)(F)F)C(=O)C2(Cc2ccccn2)C1.